The molecule has 13 heteroatoms. The Bertz CT molecular complexity index is 1770. The summed E-state index contributed by atoms with van der Waals surface area (Å²) >= 11 is 0. The van der Waals surface area contributed by atoms with Crippen molar-refractivity contribution in [1.29, 1.82) is 0 Å². The molecule has 0 fully saturated rings. The van der Waals surface area contributed by atoms with Gasteiger partial charge >= 0.3 is 0 Å². The second-order valence-corrected chi connectivity index (χ2v) is 11.1. The molecule has 3 aliphatic rings. The summed E-state index contributed by atoms with van der Waals surface area (Å²) in [6.07, 6.45) is 2.33. The van der Waals surface area contributed by atoms with Gasteiger partial charge in [0.25, 0.3) is 5.78 Å². The Balaban J connectivity index is 1.24. The van der Waals surface area contributed by atoms with Crippen molar-refractivity contribution in [2.75, 3.05) is 45.3 Å². The quantitative estimate of drug-likeness (QED) is 0.331. The van der Waals surface area contributed by atoms with Gasteiger partial charge in [0, 0.05) is 41.9 Å². The van der Waals surface area contributed by atoms with E-state index in [4.69, 9.17) is 14.2 Å². The van der Waals surface area contributed by atoms with Gasteiger partial charge in [0.1, 0.15) is 25.3 Å². The number of carbonyl (C=O) groups excluding carboxylic acids is 3. The lowest BCUT2D eigenvalue weighted by molar-refractivity contribution is -0.136. The van der Waals surface area contributed by atoms with Crippen LogP contribution in [0.3, 0.4) is 0 Å². The van der Waals surface area contributed by atoms with Gasteiger partial charge in [-0.05, 0) is 55.2 Å². The third-order valence-electron chi connectivity index (χ3n) is 8.23. The summed E-state index contributed by atoms with van der Waals surface area (Å²) in [7, 11) is 1.56. The minimum atomic E-state index is -0.314. The monoisotopic (exact) mass is 613 g/mol. The lowest BCUT2D eigenvalue weighted by Crippen LogP contribution is -2.43. The first kappa shape index (κ1) is 29.9. The van der Waals surface area contributed by atoms with E-state index in [0.29, 0.717) is 35.1 Å². The van der Waals surface area contributed by atoms with Crippen LogP contribution in [0.15, 0.2) is 42.7 Å². The van der Waals surface area contributed by atoms with Gasteiger partial charge in [-0.2, -0.15) is 10.1 Å². The van der Waals surface area contributed by atoms with E-state index in [1.54, 1.807) is 17.7 Å². The molecule has 1 atom stereocenters. The van der Waals surface area contributed by atoms with E-state index in [9.17, 15) is 14.4 Å². The summed E-state index contributed by atoms with van der Waals surface area (Å²) < 4.78 is 19.3. The van der Waals surface area contributed by atoms with Crippen LogP contribution in [0.4, 0.5) is 5.69 Å². The lowest BCUT2D eigenvalue weighted by Gasteiger charge is -2.27. The molecule has 3 amide bonds. The van der Waals surface area contributed by atoms with E-state index in [1.165, 1.54) is 11.2 Å². The molecule has 6 bridgehead atoms. The first-order valence-electron chi connectivity index (χ1n) is 14.9. The second-order valence-electron chi connectivity index (χ2n) is 11.1. The fourth-order valence-corrected chi connectivity index (χ4v) is 5.91. The molecule has 0 spiro atoms. The molecule has 45 heavy (non-hydrogen) atoms. The summed E-state index contributed by atoms with van der Waals surface area (Å²) in [6.45, 7) is 4.43. The predicted octanol–water partition coefficient (Wildman–Crippen LogP) is 2.57. The van der Waals surface area contributed by atoms with E-state index >= 15 is 0 Å². The molecule has 2 aromatic heterocycles. The minimum Gasteiger partial charge on any atom is -0.493 e. The first-order valence-corrected chi connectivity index (χ1v) is 14.9. The summed E-state index contributed by atoms with van der Waals surface area (Å²) in [4.78, 5) is 49.3. The normalized spacial score (nSPS) is 17.0. The SMILES string of the molecule is COc1ccc2cc1OCCN(C(=O)CCc1c(C)nc3ncnn3c1C)CC(=O)NCCOc1ccc3c(c1)NC(=O)CC23. The van der Waals surface area contributed by atoms with Crippen LogP contribution in [-0.2, 0) is 20.8 Å². The molecule has 3 aliphatic heterocycles. The smallest absolute Gasteiger partial charge is 0.252 e. The van der Waals surface area contributed by atoms with E-state index in [2.05, 4.69) is 25.7 Å². The molecule has 0 saturated heterocycles. The van der Waals surface area contributed by atoms with E-state index in [-0.39, 0.29) is 69.3 Å². The Morgan fingerprint density at radius 3 is 2.80 bits per heavy atom. The fourth-order valence-electron chi connectivity index (χ4n) is 5.91. The number of benzene rings is 2. The number of ether oxygens (including phenoxy) is 3. The lowest BCUT2D eigenvalue weighted by atomic mass is 9.84. The van der Waals surface area contributed by atoms with Crippen molar-refractivity contribution in [2.45, 2.75) is 39.0 Å². The molecule has 234 valence electrons. The van der Waals surface area contributed by atoms with Gasteiger partial charge in [-0.1, -0.05) is 12.1 Å². The molecule has 1 unspecified atom stereocenters. The number of nitrogens with zero attached hydrogens (tertiary/aromatic N) is 5. The highest BCUT2D eigenvalue weighted by Gasteiger charge is 2.28. The number of nitrogens with one attached hydrogen (secondary N) is 2. The van der Waals surface area contributed by atoms with Crippen LogP contribution in [0, 0.1) is 13.8 Å². The minimum absolute atomic E-state index is 0.0962. The van der Waals surface area contributed by atoms with Gasteiger partial charge in [-0.3, -0.25) is 14.4 Å². The Morgan fingerprint density at radius 2 is 1.96 bits per heavy atom. The van der Waals surface area contributed by atoms with Crippen molar-refractivity contribution in [3.8, 4) is 17.2 Å². The van der Waals surface area contributed by atoms with E-state index in [1.807, 2.05) is 44.2 Å². The number of carbonyl (C=O) groups is 3. The molecule has 5 heterocycles. The number of amides is 3. The number of hydrogen-bond acceptors (Lipinski definition) is 9. The molecule has 2 N–H and O–H groups in total. The average Bonchev–Trinajstić information content (AvgIpc) is 3.50. The summed E-state index contributed by atoms with van der Waals surface area (Å²) in [5.74, 6) is 1.29. The van der Waals surface area contributed by atoms with Gasteiger partial charge in [0.05, 0.1) is 26.7 Å². The highest BCUT2D eigenvalue weighted by molar-refractivity contribution is 5.95. The van der Waals surface area contributed by atoms with Crippen LogP contribution < -0.4 is 24.8 Å². The molecular formula is C32H35N7O6. The van der Waals surface area contributed by atoms with Crippen molar-refractivity contribution in [1.82, 2.24) is 29.8 Å². The third-order valence-corrected chi connectivity index (χ3v) is 8.23. The zero-order chi connectivity index (χ0) is 31.5. The van der Waals surface area contributed by atoms with Gasteiger partial charge in [0.15, 0.2) is 11.5 Å². The van der Waals surface area contributed by atoms with Crippen molar-refractivity contribution in [2.24, 2.45) is 0 Å². The Labute approximate surface area is 259 Å². The Morgan fingerprint density at radius 1 is 1.09 bits per heavy atom. The number of aryl methyl sites for hydroxylation is 2. The number of methoxy groups -OCH3 is 1. The van der Waals surface area contributed by atoms with Crippen LogP contribution in [0.1, 0.15) is 46.8 Å². The third kappa shape index (κ3) is 6.37. The molecule has 0 saturated carbocycles. The van der Waals surface area contributed by atoms with Gasteiger partial charge < -0.3 is 29.7 Å². The second kappa shape index (κ2) is 12.8. The van der Waals surface area contributed by atoms with Gasteiger partial charge in [-0.25, -0.2) is 9.50 Å². The number of rotatable bonds is 4. The van der Waals surface area contributed by atoms with Crippen molar-refractivity contribution >= 4 is 29.2 Å². The zero-order valence-corrected chi connectivity index (χ0v) is 25.5. The fraction of sp³-hybridized carbons (Fsp3) is 0.375. The molecular weight excluding hydrogens is 578 g/mol. The highest BCUT2D eigenvalue weighted by Crippen LogP contribution is 2.41. The predicted molar refractivity (Wildman–Crippen MR) is 164 cm³/mol. The van der Waals surface area contributed by atoms with Crippen molar-refractivity contribution in [3.05, 3.63) is 70.8 Å². The van der Waals surface area contributed by atoms with Gasteiger partial charge in [-0.15, -0.1) is 0 Å². The van der Waals surface area contributed by atoms with Crippen molar-refractivity contribution in [3.63, 3.8) is 0 Å². The number of aromatic nitrogens is 4. The molecule has 2 aromatic carbocycles. The molecule has 13 nitrogen and oxygen atoms in total. The van der Waals surface area contributed by atoms with Crippen LogP contribution >= 0.6 is 0 Å². The maximum Gasteiger partial charge on any atom is 0.252 e. The Hall–Kier alpha value is -5.20. The van der Waals surface area contributed by atoms with Crippen LogP contribution in [-0.4, -0.2) is 82.2 Å². The van der Waals surface area contributed by atoms with E-state index < -0.39 is 0 Å². The average molecular weight is 614 g/mol. The van der Waals surface area contributed by atoms with Gasteiger partial charge in [0.2, 0.25) is 17.7 Å². The molecule has 4 aromatic rings. The summed E-state index contributed by atoms with van der Waals surface area (Å²) in [5, 5.41) is 10.0. The Kier molecular flexibility index (Phi) is 8.49. The summed E-state index contributed by atoms with van der Waals surface area (Å²) in [5.41, 5.74) is 5.11. The topological polar surface area (TPSA) is 149 Å². The standard InChI is InChI=1S/C32H35N7O6/c1-19-23(20(2)39-32(36-19)34-18-35-39)7-9-31(42)38-11-13-45-28-14-21(4-8-27(28)43-3)25-16-29(40)37-26-15-22(5-6-24(25)26)44-12-10-33-30(41)17-38/h4-6,8,14-15,18,25H,7,9-13,16-17H2,1-3H3,(H,33,41)(H,37,40). The van der Waals surface area contributed by atoms with Crippen LogP contribution in [0.5, 0.6) is 17.2 Å². The molecule has 7 rings (SSSR count). The molecule has 0 radical (unpaired) electrons. The van der Waals surface area contributed by atoms with Crippen LogP contribution in [0.25, 0.3) is 5.78 Å². The maximum absolute atomic E-state index is 13.5. The number of fused-ring (bicyclic) bond motifs is 11. The number of anilines is 1. The number of hydrogen-bond donors (Lipinski definition) is 2. The largest absolute Gasteiger partial charge is 0.493 e. The first-order chi connectivity index (χ1) is 21.8. The summed E-state index contributed by atoms with van der Waals surface area (Å²) in [6, 6.07) is 11.2. The van der Waals surface area contributed by atoms with E-state index in [0.717, 1.165) is 28.1 Å². The molecule has 0 aliphatic carbocycles. The highest BCUT2D eigenvalue weighted by atomic mass is 16.5. The maximum atomic E-state index is 13.5. The zero-order valence-electron chi connectivity index (χ0n) is 25.5. The van der Waals surface area contributed by atoms with Crippen molar-refractivity contribution < 1.29 is 28.6 Å². The van der Waals surface area contributed by atoms with Crippen LogP contribution in [0.2, 0.25) is 0 Å².